The van der Waals surface area contributed by atoms with Crippen molar-refractivity contribution in [1.29, 1.82) is 0 Å². The molecule has 0 saturated heterocycles. The van der Waals surface area contributed by atoms with Crippen LogP contribution in [0.4, 0.5) is 0 Å². The smallest absolute Gasteiger partial charge is 0.0713 e. The van der Waals surface area contributed by atoms with Gasteiger partial charge in [0, 0.05) is 11.8 Å². The van der Waals surface area contributed by atoms with Gasteiger partial charge in [0.25, 0.3) is 0 Å². The number of aromatic nitrogens is 2. The van der Waals surface area contributed by atoms with Crippen molar-refractivity contribution in [2.24, 2.45) is 5.84 Å². The molecule has 0 spiro atoms. The normalized spacial score (nSPS) is 20.9. The van der Waals surface area contributed by atoms with Crippen LogP contribution >= 0.6 is 0 Å². The van der Waals surface area contributed by atoms with E-state index in [0.717, 1.165) is 18.4 Å². The van der Waals surface area contributed by atoms with Gasteiger partial charge in [-0.25, -0.2) is 9.94 Å². The Hall–Kier alpha value is -1.65. The molecule has 0 bridgehead atoms. The van der Waals surface area contributed by atoms with Crippen LogP contribution in [0.5, 0.6) is 0 Å². The summed E-state index contributed by atoms with van der Waals surface area (Å²) in [5, 5.41) is 4.42. The van der Waals surface area contributed by atoms with Crippen molar-refractivity contribution >= 4 is 5.52 Å². The number of fused-ring (bicyclic) bond motifs is 1. The molecule has 1 aliphatic rings. The predicted octanol–water partition coefficient (Wildman–Crippen LogP) is 3.12. The van der Waals surface area contributed by atoms with E-state index in [-0.39, 0.29) is 6.04 Å². The molecular formula is C16H22N4. The minimum Gasteiger partial charge on any atom is -0.271 e. The molecule has 0 saturated carbocycles. The molecule has 1 aliphatic carbocycles. The number of hydrogen-bond donors (Lipinski definition) is 2. The molecule has 0 radical (unpaired) electrons. The van der Waals surface area contributed by atoms with E-state index in [1.807, 2.05) is 29.0 Å². The summed E-state index contributed by atoms with van der Waals surface area (Å²) in [6, 6.07) is 6.20. The highest BCUT2D eigenvalue weighted by molar-refractivity contribution is 5.56. The standard InChI is InChI=1S/C16H22N4/c17-19-16(13-8-4-2-1-3-5-9-13)14-12-18-20-11-7-6-10-15(14)20/h6-8,10-12,16,19H,1-5,9,17H2/b13-8+. The van der Waals surface area contributed by atoms with Crippen molar-refractivity contribution in [1.82, 2.24) is 15.0 Å². The number of nitrogens with one attached hydrogen (secondary N) is 1. The van der Waals surface area contributed by atoms with Gasteiger partial charge in [-0.3, -0.25) is 5.84 Å². The molecule has 106 valence electrons. The number of hydrogen-bond acceptors (Lipinski definition) is 3. The Labute approximate surface area is 119 Å². The molecule has 2 heterocycles. The molecule has 20 heavy (non-hydrogen) atoms. The minimum atomic E-state index is 0.0769. The maximum absolute atomic E-state index is 5.85. The lowest BCUT2D eigenvalue weighted by atomic mass is 9.92. The fraction of sp³-hybridized carbons (Fsp3) is 0.438. The first-order valence-corrected chi connectivity index (χ1v) is 7.47. The van der Waals surface area contributed by atoms with Crippen LogP contribution in [0.3, 0.4) is 0 Å². The van der Waals surface area contributed by atoms with Crippen LogP contribution in [0.25, 0.3) is 5.52 Å². The SMILES string of the molecule is NNC(/C1=C/CCCCCC1)c1cnn2ccccc12. The summed E-state index contributed by atoms with van der Waals surface area (Å²) in [6.45, 7) is 0. The molecule has 4 nitrogen and oxygen atoms in total. The van der Waals surface area contributed by atoms with Crippen molar-refractivity contribution in [2.75, 3.05) is 0 Å². The fourth-order valence-electron chi connectivity index (χ4n) is 3.05. The lowest BCUT2D eigenvalue weighted by Crippen LogP contribution is -2.29. The van der Waals surface area contributed by atoms with Gasteiger partial charge >= 0.3 is 0 Å². The lowest BCUT2D eigenvalue weighted by Gasteiger charge is -2.21. The first-order valence-electron chi connectivity index (χ1n) is 7.47. The van der Waals surface area contributed by atoms with Gasteiger partial charge in [0.1, 0.15) is 0 Å². The van der Waals surface area contributed by atoms with E-state index in [1.54, 1.807) is 0 Å². The van der Waals surface area contributed by atoms with E-state index in [9.17, 15) is 0 Å². The van der Waals surface area contributed by atoms with Gasteiger partial charge in [-0.2, -0.15) is 5.10 Å². The summed E-state index contributed by atoms with van der Waals surface area (Å²) >= 11 is 0. The van der Waals surface area contributed by atoms with E-state index in [1.165, 1.54) is 36.8 Å². The molecule has 1 unspecified atom stereocenters. The molecule has 1 atom stereocenters. The molecule has 3 rings (SSSR count). The highest BCUT2D eigenvalue weighted by atomic mass is 15.3. The van der Waals surface area contributed by atoms with Crippen molar-refractivity contribution in [3.05, 3.63) is 47.8 Å². The van der Waals surface area contributed by atoms with Crippen molar-refractivity contribution in [2.45, 2.75) is 44.6 Å². The second kappa shape index (κ2) is 6.20. The zero-order valence-electron chi connectivity index (χ0n) is 11.8. The zero-order chi connectivity index (χ0) is 13.8. The summed E-state index contributed by atoms with van der Waals surface area (Å²) in [5.74, 6) is 5.85. The number of hydrazine groups is 1. The number of nitrogens with two attached hydrogens (primary N) is 1. The number of allylic oxidation sites excluding steroid dienone is 1. The van der Waals surface area contributed by atoms with Crippen LogP contribution in [0, 0.1) is 0 Å². The van der Waals surface area contributed by atoms with E-state index in [2.05, 4.69) is 22.7 Å². The maximum Gasteiger partial charge on any atom is 0.0713 e. The third-order valence-electron chi connectivity index (χ3n) is 4.13. The first-order chi connectivity index (χ1) is 9.90. The third-order valence-corrected chi connectivity index (χ3v) is 4.13. The average molecular weight is 270 g/mol. The van der Waals surface area contributed by atoms with E-state index in [4.69, 9.17) is 5.84 Å². The Morgan fingerprint density at radius 1 is 1.20 bits per heavy atom. The Balaban J connectivity index is 1.96. The van der Waals surface area contributed by atoms with E-state index in [0.29, 0.717) is 0 Å². The maximum atomic E-state index is 5.85. The van der Waals surface area contributed by atoms with Crippen molar-refractivity contribution < 1.29 is 0 Å². The van der Waals surface area contributed by atoms with Crippen LogP contribution in [0.2, 0.25) is 0 Å². The Kier molecular flexibility index (Phi) is 4.14. The molecule has 0 aliphatic heterocycles. The average Bonchev–Trinajstić information content (AvgIpc) is 2.86. The Morgan fingerprint density at radius 2 is 2.10 bits per heavy atom. The van der Waals surface area contributed by atoms with Gasteiger partial charge in [-0.15, -0.1) is 0 Å². The first kappa shape index (κ1) is 13.3. The van der Waals surface area contributed by atoms with Crippen LogP contribution in [0.1, 0.15) is 50.1 Å². The van der Waals surface area contributed by atoms with Crippen LogP contribution < -0.4 is 11.3 Å². The minimum absolute atomic E-state index is 0.0769. The molecule has 2 aromatic heterocycles. The number of rotatable bonds is 3. The van der Waals surface area contributed by atoms with Gasteiger partial charge < -0.3 is 0 Å². The lowest BCUT2D eigenvalue weighted by molar-refractivity contribution is 0.557. The molecule has 0 aromatic carbocycles. The molecular weight excluding hydrogens is 248 g/mol. The van der Waals surface area contributed by atoms with Crippen LogP contribution in [-0.4, -0.2) is 9.61 Å². The van der Waals surface area contributed by atoms with Gasteiger partial charge in [-0.05, 0) is 37.8 Å². The largest absolute Gasteiger partial charge is 0.271 e. The number of pyridine rings is 1. The topological polar surface area (TPSA) is 55.3 Å². The van der Waals surface area contributed by atoms with E-state index < -0.39 is 0 Å². The highest BCUT2D eigenvalue weighted by Crippen LogP contribution is 2.30. The van der Waals surface area contributed by atoms with Crippen molar-refractivity contribution in [3.8, 4) is 0 Å². The molecule has 2 aromatic rings. The second-order valence-corrected chi connectivity index (χ2v) is 5.46. The van der Waals surface area contributed by atoms with E-state index >= 15 is 0 Å². The number of nitrogens with zero attached hydrogens (tertiary/aromatic N) is 2. The summed E-state index contributed by atoms with van der Waals surface area (Å²) in [5.41, 5.74) is 6.69. The quantitative estimate of drug-likeness (QED) is 0.512. The van der Waals surface area contributed by atoms with Crippen LogP contribution in [0.15, 0.2) is 42.2 Å². The predicted molar refractivity (Wildman–Crippen MR) is 81.0 cm³/mol. The third kappa shape index (κ3) is 2.62. The zero-order valence-corrected chi connectivity index (χ0v) is 11.8. The molecule has 4 heteroatoms. The van der Waals surface area contributed by atoms with Gasteiger partial charge in [0.2, 0.25) is 0 Å². The highest BCUT2D eigenvalue weighted by Gasteiger charge is 2.19. The van der Waals surface area contributed by atoms with Gasteiger partial charge in [-0.1, -0.05) is 30.6 Å². The monoisotopic (exact) mass is 270 g/mol. The second-order valence-electron chi connectivity index (χ2n) is 5.46. The summed E-state index contributed by atoms with van der Waals surface area (Å²) in [4.78, 5) is 0. The molecule has 0 fully saturated rings. The van der Waals surface area contributed by atoms with Gasteiger partial charge in [0.15, 0.2) is 0 Å². The molecule has 3 N–H and O–H groups in total. The molecule has 0 amide bonds. The van der Waals surface area contributed by atoms with Crippen LogP contribution in [-0.2, 0) is 0 Å². The Bertz CT molecular complexity index is 599. The van der Waals surface area contributed by atoms with Crippen molar-refractivity contribution in [3.63, 3.8) is 0 Å². The summed E-state index contributed by atoms with van der Waals surface area (Å²) < 4.78 is 1.91. The fourth-order valence-corrected chi connectivity index (χ4v) is 3.05. The summed E-state index contributed by atoms with van der Waals surface area (Å²) in [7, 11) is 0. The summed E-state index contributed by atoms with van der Waals surface area (Å²) in [6.07, 6.45) is 13.8. The Morgan fingerprint density at radius 3 is 3.00 bits per heavy atom. The van der Waals surface area contributed by atoms with Gasteiger partial charge in [0.05, 0.1) is 17.8 Å².